The number of unbranched alkanes of at least 4 members (excludes halogenated alkanes) is 2. The molecule has 0 aliphatic carbocycles. The van der Waals surface area contributed by atoms with E-state index in [1.54, 1.807) is 7.11 Å². The zero-order valence-electron chi connectivity index (χ0n) is 11.8. The number of rotatable bonds is 8. The van der Waals surface area contributed by atoms with Gasteiger partial charge in [-0.2, -0.15) is 0 Å². The fourth-order valence-corrected chi connectivity index (χ4v) is 1.56. The van der Waals surface area contributed by atoms with Gasteiger partial charge in [0.05, 0.1) is 20.3 Å². The highest BCUT2D eigenvalue weighted by molar-refractivity contribution is 5.26. The largest absolute Gasteiger partial charge is 0.497 e. The van der Waals surface area contributed by atoms with Crippen molar-refractivity contribution >= 4 is 0 Å². The Morgan fingerprint density at radius 2 is 1.95 bits per heavy atom. The number of aliphatic hydroxyl groups is 2. The molecule has 0 aliphatic rings. The van der Waals surface area contributed by atoms with E-state index in [2.05, 4.69) is 11.8 Å². The third-order valence-corrected chi connectivity index (χ3v) is 2.71. The van der Waals surface area contributed by atoms with Crippen LogP contribution in [0.5, 0.6) is 5.75 Å². The molecular formula is C16H22O4. The first-order valence-electron chi connectivity index (χ1n) is 6.74. The number of ether oxygens (including phenoxy) is 2. The average Bonchev–Trinajstić information content (AvgIpc) is 2.50. The molecule has 0 heterocycles. The summed E-state index contributed by atoms with van der Waals surface area (Å²) in [7, 11) is 1.65. The van der Waals surface area contributed by atoms with Gasteiger partial charge >= 0.3 is 0 Å². The second-order valence-electron chi connectivity index (χ2n) is 4.38. The Morgan fingerprint density at radius 3 is 2.60 bits per heavy atom. The van der Waals surface area contributed by atoms with E-state index < -0.39 is 6.10 Å². The summed E-state index contributed by atoms with van der Waals surface area (Å²) in [4.78, 5) is 0. The maximum atomic E-state index is 9.00. The molecule has 0 fully saturated rings. The van der Waals surface area contributed by atoms with Gasteiger partial charge in [-0.25, -0.2) is 0 Å². The van der Waals surface area contributed by atoms with Crippen LogP contribution in [0.4, 0.5) is 0 Å². The van der Waals surface area contributed by atoms with Crippen molar-refractivity contribution in [1.29, 1.82) is 0 Å². The smallest absolute Gasteiger partial charge is 0.137 e. The third-order valence-electron chi connectivity index (χ3n) is 2.71. The van der Waals surface area contributed by atoms with Gasteiger partial charge in [0.2, 0.25) is 0 Å². The SMILES string of the molecule is COc1ccc(COCCCCC#C[C@H](O)CO)cc1. The van der Waals surface area contributed by atoms with Crippen molar-refractivity contribution in [1.82, 2.24) is 0 Å². The minimum atomic E-state index is -0.915. The summed E-state index contributed by atoms with van der Waals surface area (Å²) in [6, 6.07) is 7.81. The normalized spacial score (nSPS) is 11.6. The Hall–Kier alpha value is -1.54. The van der Waals surface area contributed by atoms with Gasteiger partial charge in [0.25, 0.3) is 0 Å². The molecule has 1 aromatic rings. The van der Waals surface area contributed by atoms with Crippen LogP contribution in [-0.4, -0.2) is 36.6 Å². The monoisotopic (exact) mass is 278 g/mol. The Balaban J connectivity index is 2.05. The van der Waals surface area contributed by atoms with Gasteiger partial charge in [0, 0.05) is 13.0 Å². The van der Waals surface area contributed by atoms with Gasteiger partial charge in [-0.05, 0) is 30.5 Å². The zero-order chi connectivity index (χ0) is 14.6. The first-order chi connectivity index (χ1) is 9.76. The van der Waals surface area contributed by atoms with Crippen LogP contribution in [0.1, 0.15) is 24.8 Å². The van der Waals surface area contributed by atoms with Crippen molar-refractivity contribution in [2.24, 2.45) is 0 Å². The van der Waals surface area contributed by atoms with Gasteiger partial charge in [-0.1, -0.05) is 18.1 Å². The van der Waals surface area contributed by atoms with E-state index in [4.69, 9.17) is 19.7 Å². The molecule has 1 rings (SSSR count). The van der Waals surface area contributed by atoms with Crippen LogP contribution in [0.2, 0.25) is 0 Å². The van der Waals surface area contributed by atoms with Crippen molar-refractivity contribution in [3.8, 4) is 17.6 Å². The molecule has 4 nitrogen and oxygen atoms in total. The summed E-state index contributed by atoms with van der Waals surface area (Å²) in [6.07, 6.45) is 1.65. The molecule has 0 saturated carbocycles. The highest BCUT2D eigenvalue weighted by atomic mass is 16.5. The lowest BCUT2D eigenvalue weighted by Gasteiger charge is -2.05. The molecule has 0 unspecified atom stereocenters. The Morgan fingerprint density at radius 1 is 1.20 bits per heavy atom. The number of benzene rings is 1. The lowest BCUT2D eigenvalue weighted by molar-refractivity contribution is 0.117. The summed E-state index contributed by atoms with van der Waals surface area (Å²) in [6.45, 7) is 0.979. The summed E-state index contributed by atoms with van der Waals surface area (Å²) in [5.41, 5.74) is 1.12. The second kappa shape index (κ2) is 10.3. The van der Waals surface area contributed by atoms with Crippen LogP contribution < -0.4 is 4.74 Å². The van der Waals surface area contributed by atoms with Crippen LogP contribution in [0.3, 0.4) is 0 Å². The minimum absolute atomic E-state index is 0.308. The fourth-order valence-electron chi connectivity index (χ4n) is 1.56. The Bertz CT molecular complexity index is 416. The van der Waals surface area contributed by atoms with E-state index >= 15 is 0 Å². The number of methoxy groups -OCH3 is 1. The molecule has 0 radical (unpaired) electrons. The lowest BCUT2D eigenvalue weighted by atomic mass is 10.2. The standard InChI is InChI=1S/C16H22O4/c1-19-16-9-7-14(8-10-16)13-20-11-5-3-2-4-6-15(18)12-17/h7-10,15,17-18H,2-3,5,11-13H2,1H3/t15-/m0/s1. The van der Waals surface area contributed by atoms with E-state index in [1.165, 1.54) is 0 Å². The van der Waals surface area contributed by atoms with Crippen LogP contribution >= 0.6 is 0 Å². The molecule has 4 heteroatoms. The van der Waals surface area contributed by atoms with E-state index in [9.17, 15) is 0 Å². The summed E-state index contributed by atoms with van der Waals surface area (Å²) < 4.78 is 10.7. The highest BCUT2D eigenvalue weighted by Gasteiger charge is 1.95. The van der Waals surface area contributed by atoms with Crippen LogP contribution in [-0.2, 0) is 11.3 Å². The topological polar surface area (TPSA) is 58.9 Å². The molecule has 0 saturated heterocycles. The summed E-state index contributed by atoms with van der Waals surface area (Å²) in [5.74, 6) is 6.24. The van der Waals surface area contributed by atoms with E-state index in [-0.39, 0.29) is 6.61 Å². The van der Waals surface area contributed by atoms with Gasteiger partial charge in [0.15, 0.2) is 0 Å². The second-order valence-corrected chi connectivity index (χ2v) is 4.38. The molecule has 20 heavy (non-hydrogen) atoms. The maximum Gasteiger partial charge on any atom is 0.137 e. The van der Waals surface area contributed by atoms with Gasteiger partial charge in [-0.15, -0.1) is 5.92 Å². The summed E-state index contributed by atoms with van der Waals surface area (Å²) >= 11 is 0. The Labute approximate surface area is 120 Å². The number of aliphatic hydroxyl groups excluding tert-OH is 2. The Kier molecular flexibility index (Phi) is 8.48. The van der Waals surface area contributed by atoms with Crippen molar-refractivity contribution in [2.45, 2.75) is 32.0 Å². The first-order valence-corrected chi connectivity index (χ1v) is 6.74. The van der Waals surface area contributed by atoms with Gasteiger partial charge in [0.1, 0.15) is 11.9 Å². The molecule has 110 valence electrons. The molecule has 0 spiro atoms. The fraction of sp³-hybridized carbons (Fsp3) is 0.500. The van der Waals surface area contributed by atoms with Gasteiger partial charge in [-0.3, -0.25) is 0 Å². The highest BCUT2D eigenvalue weighted by Crippen LogP contribution is 2.12. The molecule has 0 aliphatic heterocycles. The molecule has 0 bridgehead atoms. The van der Waals surface area contributed by atoms with Crippen molar-refractivity contribution in [3.63, 3.8) is 0 Å². The van der Waals surface area contributed by atoms with E-state index in [1.807, 2.05) is 24.3 Å². The zero-order valence-corrected chi connectivity index (χ0v) is 11.8. The van der Waals surface area contributed by atoms with Crippen molar-refractivity contribution < 1.29 is 19.7 Å². The van der Waals surface area contributed by atoms with E-state index in [0.29, 0.717) is 19.6 Å². The number of hydrogen-bond acceptors (Lipinski definition) is 4. The molecule has 1 atom stereocenters. The van der Waals surface area contributed by atoms with E-state index in [0.717, 1.165) is 24.2 Å². The average molecular weight is 278 g/mol. The third kappa shape index (κ3) is 7.15. The quantitative estimate of drug-likeness (QED) is 0.562. The molecule has 1 aromatic carbocycles. The minimum Gasteiger partial charge on any atom is -0.497 e. The van der Waals surface area contributed by atoms with Crippen LogP contribution in [0.15, 0.2) is 24.3 Å². The van der Waals surface area contributed by atoms with Crippen LogP contribution in [0.25, 0.3) is 0 Å². The van der Waals surface area contributed by atoms with Crippen molar-refractivity contribution in [2.75, 3.05) is 20.3 Å². The van der Waals surface area contributed by atoms with Gasteiger partial charge < -0.3 is 19.7 Å². The lowest BCUT2D eigenvalue weighted by Crippen LogP contribution is -2.07. The predicted molar refractivity (Wildman–Crippen MR) is 77.4 cm³/mol. The molecule has 2 N–H and O–H groups in total. The van der Waals surface area contributed by atoms with Crippen LogP contribution in [0, 0.1) is 11.8 Å². The predicted octanol–water partition coefficient (Wildman–Crippen LogP) is 1.74. The first kappa shape index (κ1) is 16.5. The maximum absolute atomic E-state index is 9.00. The molecular weight excluding hydrogens is 256 g/mol. The van der Waals surface area contributed by atoms with Crippen molar-refractivity contribution in [3.05, 3.63) is 29.8 Å². The molecule has 0 aromatic heterocycles. The number of hydrogen-bond donors (Lipinski definition) is 2. The summed E-state index contributed by atoms with van der Waals surface area (Å²) in [5, 5.41) is 17.6. The molecule has 0 amide bonds.